The molecule has 2 fully saturated rings. The number of hydrogen-bond donors (Lipinski definition) is 1. The van der Waals surface area contributed by atoms with E-state index in [1.807, 2.05) is 34.7 Å². The lowest BCUT2D eigenvalue weighted by molar-refractivity contribution is -0.127. The molecule has 3 heterocycles. The molecule has 1 aliphatic carbocycles. The molecule has 0 spiro atoms. The van der Waals surface area contributed by atoms with Gasteiger partial charge >= 0.3 is 0 Å². The topological polar surface area (TPSA) is 111 Å². The number of nitrogens with one attached hydrogen (secondary N) is 1. The van der Waals surface area contributed by atoms with Gasteiger partial charge in [0.1, 0.15) is 10.9 Å². The van der Waals surface area contributed by atoms with Gasteiger partial charge in [-0.1, -0.05) is 19.3 Å². The van der Waals surface area contributed by atoms with E-state index in [4.69, 9.17) is 10.2 Å². The number of fused-ring (bicyclic) bond motifs is 1. The van der Waals surface area contributed by atoms with Gasteiger partial charge in [-0.15, -0.1) is 11.3 Å². The van der Waals surface area contributed by atoms with Crippen molar-refractivity contribution in [2.45, 2.75) is 57.9 Å². The van der Waals surface area contributed by atoms with E-state index in [1.165, 1.54) is 6.42 Å². The fourth-order valence-corrected chi connectivity index (χ4v) is 6.14. The first-order valence-corrected chi connectivity index (χ1v) is 14.1. The third-order valence-corrected chi connectivity index (χ3v) is 8.54. The number of aryl methyl sites for hydroxylation is 1. The highest BCUT2D eigenvalue weighted by atomic mass is 32.1. The minimum atomic E-state index is -0.326. The van der Waals surface area contributed by atoms with Gasteiger partial charge in [0.2, 0.25) is 17.8 Å². The largest absolute Gasteiger partial charge is 0.343 e. The van der Waals surface area contributed by atoms with Gasteiger partial charge in [0.05, 0.1) is 15.9 Å². The second kappa shape index (κ2) is 11.4. The second-order valence-corrected chi connectivity index (χ2v) is 11.1. The average Bonchev–Trinajstić information content (AvgIpc) is 3.67. The Morgan fingerprint density at radius 3 is 2.68 bits per heavy atom. The zero-order valence-electron chi connectivity index (χ0n) is 21.6. The fraction of sp³-hybridized carbons (Fsp3) is 0.464. The van der Waals surface area contributed by atoms with Crippen molar-refractivity contribution in [2.75, 3.05) is 30.4 Å². The van der Waals surface area contributed by atoms with Gasteiger partial charge in [-0.3, -0.25) is 19.7 Å². The average molecular weight is 533 g/mol. The van der Waals surface area contributed by atoms with Crippen LogP contribution in [0.2, 0.25) is 0 Å². The first-order chi connectivity index (χ1) is 18.4. The number of benzene rings is 1. The van der Waals surface area contributed by atoms with Crippen molar-refractivity contribution in [3.63, 3.8) is 0 Å². The summed E-state index contributed by atoms with van der Waals surface area (Å²) >= 11 is 1.13. The predicted molar refractivity (Wildman–Crippen MR) is 147 cm³/mol. The van der Waals surface area contributed by atoms with Crippen molar-refractivity contribution in [1.82, 2.24) is 14.5 Å². The second-order valence-electron chi connectivity index (χ2n) is 10.1. The Balaban J connectivity index is 1.40. The van der Waals surface area contributed by atoms with Crippen LogP contribution in [0.1, 0.15) is 65.9 Å². The number of carbonyl (C=O) groups is 3. The van der Waals surface area contributed by atoms with Crippen LogP contribution in [0.5, 0.6) is 0 Å². The number of anilines is 2. The molecule has 0 atom stereocenters. The highest BCUT2D eigenvalue weighted by Crippen LogP contribution is 2.30. The summed E-state index contributed by atoms with van der Waals surface area (Å²) in [6.07, 6.45) is 7.49. The summed E-state index contributed by atoms with van der Waals surface area (Å²) < 4.78 is 1.96. The van der Waals surface area contributed by atoms with Crippen LogP contribution in [0.15, 0.2) is 30.3 Å². The van der Waals surface area contributed by atoms with E-state index >= 15 is 0 Å². The lowest BCUT2D eigenvalue weighted by Crippen LogP contribution is -2.33. The number of amides is 3. The maximum Gasteiger partial charge on any atom is 0.268 e. The number of rotatable bonds is 8. The number of carbonyl (C=O) groups excluding carboxylic acids is 3. The molecule has 1 N–H and O–H groups in total. The van der Waals surface area contributed by atoms with Crippen LogP contribution >= 0.6 is 11.3 Å². The number of aromatic nitrogens is 2. The fourth-order valence-electron chi connectivity index (χ4n) is 5.44. The summed E-state index contributed by atoms with van der Waals surface area (Å²) in [7, 11) is 1.81. The Labute approximate surface area is 226 Å². The molecule has 0 radical (unpaired) electrons. The summed E-state index contributed by atoms with van der Waals surface area (Å²) in [6, 6.07) is 11.1. The minimum Gasteiger partial charge on any atom is -0.343 e. The van der Waals surface area contributed by atoms with Crippen LogP contribution in [0.25, 0.3) is 11.0 Å². The molecule has 1 aromatic carbocycles. The number of imidazole rings is 1. The lowest BCUT2D eigenvalue weighted by atomic mass is 9.88. The normalized spacial score (nSPS) is 16.1. The molecule has 3 aromatic rings. The molecule has 38 heavy (non-hydrogen) atoms. The molecule has 2 aliphatic rings. The first kappa shape index (κ1) is 25.9. The van der Waals surface area contributed by atoms with Gasteiger partial charge in [0.25, 0.3) is 5.91 Å². The maximum atomic E-state index is 13.1. The van der Waals surface area contributed by atoms with Gasteiger partial charge in [0.15, 0.2) is 0 Å². The lowest BCUT2D eigenvalue weighted by Gasteiger charge is -2.26. The number of hydrogen-bond acceptors (Lipinski definition) is 6. The number of nitrogens with zero attached hydrogens (tertiary/aromatic N) is 5. The summed E-state index contributed by atoms with van der Waals surface area (Å²) in [5.41, 5.74) is 2.30. The zero-order valence-corrected chi connectivity index (χ0v) is 22.4. The molecule has 5 rings (SSSR count). The van der Waals surface area contributed by atoms with Crippen LogP contribution in [-0.4, -0.2) is 52.3 Å². The SMILES string of the molecule is CN(C(=O)C1CCCCC1)c1ccc2c(c1)nc(NC(=O)c1ccc(C#N)s1)n2CCCN1CCCC1=O. The van der Waals surface area contributed by atoms with Crippen LogP contribution < -0.4 is 10.2 Å². The first-order valence-electron chi connectivity index (χ1n) is 13.3. The zero-order chi connectivity index (χ0) is 26.6. The molecule has 1 aliphatic heterocycles. The quantitative estimate of drug-likeness (QED) is 0.449. The number of likely N-dealkylation sites (tertiary alicyclic amines) is 1. The summed E-state index contributed by atoms with van der Waals surface area (Å²) in [5, 5.41) is 12.0. The van der Waals surface area contributed by atoms with Crippen molar-refractivity contribution >= 4 is 51.7 Å². The van der Waals surface area contributed by atoms with E-state index < -0.39 is 0 Å². The highest BCUT2D eigenvalue weighted by molar-refractivity contribution is 7.14. The smallest absolute Gasteiger partial charge is 0.268 e. The van der Waals surface area contributed by atoms with Crippen molar-refractivity contribution in [2.24, 2.45) is 5.92 Å². The molecular weight excluding hydrogens is 500 g/mol. The number of thiophene rings is 1. The monoisotopic (exact) mass is 532 g/mol. The van der Waals surface area contributed by atoms with E-state index in [9.17, 15) is 14.4 Å². The van der Waals surface area contributed by atoms with Crippen molar-refractivity contribution in [3.8, 4) is 6.07 Å². The predicted octanol–water partition coefficient (Wildman–Crippen LogP) is 4.78. The van der Waals surface area contributed by atoms with Crippen LogP contribution in [0.4, 0.5) is 11.6 Å². The molecule has 10 heteroatoms. The Bertz CT molecular complexity index is 1400. The Kier molecular flexibility index (Phi) is 7.74. The maximum absolute atomic E-state index is 13.1. The Morgan fingerprint density at radius 2 is 1.97 bits per heavy atom. The molecule has 9 nitrogen and oxygen atoms in total. The Morgan fingerprint density at radius 1 is 1.16 bits per heavy atom. The van der Waals surface area contributed by atoms with Crippen LogP contribution in [-0.2, 0) is 16.1 Å². The van der Waals surface area contributed by atoms with E-state index in [0.29, 0.717) is 40.7 Å². The van der Waals surface area contributed by atoms with Gasteiger partial charge in [0, 0.05) is 44.7 Å². The summed E-state index contributed by atoms with van der Waals surface area (Å²) in [6.45, 7) is 2.01. The van der Waals surface area contributed by atoms with E-state index in [1.54, 1.807) is 17.0 Å². The van der Waals surface area contributed by atoms with Crippen molar-refractivity contribution in [1.29, 1.82) is 5.26 Å². The molecule has 1 saturated heterocycles. The number of nitriles is 1. The van der Waals surface area contributed by atoms with Crippen molar-refractivity contribution < 1.29 is 14.4 Å². The van der Waals surface area contributed by atoms with Crippen LogP contribution in [0.3, 0.4) is 0 Å². The highest BCUT2D eigenvalue weighted by Gasteiger charge is 2.26. The van der Waals surface area contributed by atoms with E-state index in [0.717, 1.165) is 67.6 Å². The molecule has 198 valence electrons. The van der Waals surface area contributed by atoms with E-state index in [-0.39, 0.29) is 23.6 Å². The van der Waals surface area contributed by atoms with Gasteiger partial charge < -0.3 is 14.4 Å². The molecule has 0 bridgehead atoms. The standard InChI is InChI=1S/C28H32N6O3S/c1-32(27(37)19-7-3-2-4-8-19)20-10-12-23-22(17-20)30-28(31-26(36)24-13-11-21(18-29)38-24)34(23)16-6-15-33-14-5-9-25(33)35/h10-13,17,19H,2-9,14-16H2,1H3,(H,30,31,36). The molecule has 0 unspecified atom stereocenters. The summed E-state index contributed by atoms with van der Waals surface area (Å²) in [5.74, 6) is 0.471. The molecule has 3 amide bonds. The van der Waals surface area contributed by atoms with Gasteiger partial charge in [-0.2, -0.15) is 5.26 Å². The molecular formula is C28H32N6O3S. The third-order valence-electron chi connectivity index (χ3n) is 7.55. The van der Waals surface area contributed by atoms with Gasteiger partial charge in [-0.25, -0.2) is 4.98 Å². The Hall–Kier alpha value is -3.71. The minimum absolute atomic E-state index is 0.0641. The van der Waals surface area contributed by atoms with Gasteiger partial charge in [-0.05, 0) is 56.0 Å². The van der Waals surface area contributed by atoms with Crippen LogP contribution in [0, 0.1) is 17.2 Å². The molecule has 1 saturated carbocycles. The third kappa shape index (κ3) is 5.43. The van der Waals surface area contributed by atoms with Crippen molar-refractivity contribution in [3.05, 3.63) is 40.1 Å². The molecule has 2 aromatic heterocycles. The summed E-state index contributed by atoms with van der Waals surface area (Å²) in [4.78, 5) is 47.4. The van der Waals surface area contributed by atoms with E-state index in [2.05, 4.69) is 11.4 Å².